The quantitative estimate of drug-likeness (QED) is 0.511. The van der Waals surface area contributed by atoms with Gasteiger partial charge in [-0.05, 0) is 36.5 Å². The Hall–Kier alpha value is -3.23. The fraction of sp³-hybridized carbons (Fsp3) is 0. The molecule has 2 amide bonds. The van der Waals surface area contributed by atoms with Gasteiger partial charge in [-0.2, -0.15) is 5.01 Å². The van der Waals surface area contributed by atoms with Crippen molar-refractivity contribution >= 4 is 57.1 Å². The number of aromatic hydroxyl groups is 1. The van der Waals surface area contributed by atoms with Crippen molar-refractivity contribution in [3.63, 3.8) is 0 Å². The van der Waals surface area contributed by atoms with Crippen LogP contribution in [0.4, 0.5) is 0 Å². The molecule has 8 heteroatoms. The Balaban J connectivity index is 1.61. The van der Waals surface area contributed by atoms with Crippen LogP contribution in [0.2, 0.25) is 0 Å². The molecular formula is C20H13N3O3S2. The smallest absolute Gasteiger partial charge is 0.285 e. The molecule has 1 saturated heterocycles. The van der Waals surface area contributed by atoms with Gasteiger partial charge in [-0.15, -0.1) is 0 Å². The molecule has 2 N–H and O–H groups in total. The molecule has 3 aromatic rings. The number of hydrazine groups is 1. The summed E-state index contributed by atoms with van der Waals surface area (Å²) in [7, 11) is 0. The SMILES string of the molecule is O=C(NN1C(=O)/C(=C/c2cccc3cccnc23)SC1=S)c1ccccc1O. The van der Waals surface area contributed by atoms with E-state index in [1.807, 2.05) is 30.3 Å². The van der Waals surface area contributed by atoms with Gasteiger partial charge in [0, 0.05) is 17.1 Å². The first-order valence-electron chi connectivity index (χ1n) is 8.25. The van der Waals surface area contributed by atoms with Gasteiger partial charge in [0.05, 0.1) is 16.0 Å². The lowest BCUT2D eigenvalue weighted by atomic mass is 10.1. The minimum absolute atomic E-state index is 0.0544. The van der Waals surface area contributed by atoms with Crippen LogP contribution in [0.1, 0.15) is 15.9 Å². The van der Waals surface area contributed by atoms with Crippen molar-refractivity contribution in [1.82, 2.24) is 15.4 Å². The Labute approximate surface area is 169 Å². The minimum Gasteiger partial charge on any atom is -0.507 e. The van der Waals surface area contributed by atoms with E-state index in [0.717, 1.165) is 33.2 Å². The van der Waals surface area contributed by atoms with Crippen molar-refractivity contribution in [2.24, 2.45) is 0 Å². The number of para-hydroxylation sites is 2. The minimum atomic E-state index is -0.623. The van der Waals surface area contributed by atoms with Crippen molar-refractivity contribution in [1.29, 1.82) is 0 Å². The van der Waals surface area contributed by atoms with Gasteiger partial charge in [0.2, 0.25) is 0 Å². The number of benzene rings is 2. The lowest BCUT2D eigenvalue weighted by molar-refractivity contribution is -0.123. The molecule has 6 nitrogen and oxygen atoms in total. The molecule has 0 atom stereocenters. The number of thioether (sulfide) groups is 1. The zero-order valence-electron chi connectivity index (χ0n) is 14.3. The fourth-order valence-corrected chi connectivity index (χ4v) is 3.95. The van der Waals surface area contributed by atoms with Gasteiger partial charge < -0.3 is 5.11 Å². The van der Waals surface area contributed by atoms with Gasteiger partial charge in [-0.3, -0.25) is 20.0 Å². The molecule has 1 fully saturated rings. The van der Waals surface area contributed by atoms with E-state index < -0.39 is 11.8 Å². The van der Waals surface area contributed by atoms with Crippen molar-refractivity contribution in [2.45, 2.75) is 0 Å². The number of phenols is 1. The number of pyridine rings is 1. The largest absolute Gasteiger partial charge is 0.507 e. The van der Waals surface area contributed by atoms with Crippen LogP contribution in [0.25, 0.3) is 17.0 Å². The normalized spacial score (nSPS) is 15.4. The van der Waals surface area contributed by atoms with Crippen molar-refractivity contribution in [2.75, 3.05) is 0 Å². The molecule has 0 spiro atoms. The summed E-state index contributed by atoms with van der Waals surface area (Å²) in [6.07, 6.45) is 3.40. The van der Waals surface area contributed by atoms with E-state index in [-0.39, 0.29) is 15.6 Å². The van der Waals surface area contributed by atoms with Gasteiger partial charge >= 0.3 is 0 Å². The highest BCUT2D eigenvalue weighted by molar-refractivity contribution is 8.26. The first kappa shape index (κ1) is 18.1. The zero-order chi connectivity index (χ0) is 19.7. The number of carbonyl (C=O) groups excluding carboxylic acids is 2. The number of fused-ring (bicyclic) bond motifs is 1. The number of nitrogens with zero attached hydrogens (tertiary/aromatic N) is 2. The Morgan fingerprint density at radius 2 is 1.93 bits per heavy atom. The van der Waals surface area contributed by atoms with Crippen molar-refractivity contribution in [3.8, 4) is 5.75 Å². The van der Waals surface area contributed by atoms with Crippen LogP contribution in [0, 0.1) is 0 Å². The lowest BCUT2D eigenvalue weighted by Gasteiger charge is -2.16. The van der Waals surface area contributed by atoms with Gasteiger partial charge in [-0.1, -0.05) is 48.2 Å². The molecule has 0 unspecified atom stereocenters. The predicted molar refractivity (Wildman–Crippen MR) is 112 cm³/mol. The summed E-state index contributed by atoms with van der Waals surface area (Å²) in [4.78, 5) is 29.9. The average Bonchev–Trinajstić information content (AvgIpc) is 2.96. The maximum atomic E-state index is 12.8. The molecule has 1 aliphatic heterocycles. The number of thiocarbonyl (C=S) groups is 1. The number of hydrogen-bond acceptors (Lipinski definition) is 6. The molecule has 0 radical (unpaired) electrons. The van der Waals surface area contributed by atoms with E-state index in [1.54, 1.807) is 24.4 Å². The van der Waals surface area contributed by atoms with Crippen LogP contribution in [0.3, 0.4) is 0 Å². The number of aromatic nitrogens is 1. The Bertz CT molecular complexity index is 1150. The average molecular weight is 407 g/mol. The van der Waals surface area contributed by atoms with E-state index >= 15 is 0 Å². The molecule has 1 aromatic heterocycles. The number of nitrogens with one attached hydrogen (secondary N) is 1. The van der Waals surface area contributed by atoms with E-state index in [1.165, 1.54) is 12.1 Å². The number of rotatable bonds is 3. The standard InChI is InChI=1S/C20H13N3O3S2/c24-15-9-2-1-8-14(15)18(25)22-23-19(26)16(28-20(23)27)11-13-6-3-5-12-7-4-10-21-17(12)13/h1-11,24H,(H,22,25)/b16-11-. The molecule has 138 valence electrons. The van der Waals surface area contributed by atoms with Crippen LogP contribution < -0.4 is 5.43 Å². The molecule has 28 heavy (non-hydrogen) atoms. The number of hydrogen-bond donors (Lipinski definition) is 2. The fourth-order valence-electron chi connectivity index (χ4n) is 2.78. The molecule has 0 bridgehead atoms. The number of carbonyl (C=O) groups is 2. The molecule has 0 aliphatic carbocycles. The molecule has 2 aromatic carbocycles. The van der Waals surface area contributed by atoms with Crippen LogP contribution in [0.15, 0.2) is 65.7 Å². The second-order valence-corrected chi connectivity index (χ2v) is 7.57. The maximum Gasteiger partial charge on any atom is 0.285 e. The molecule has 0 saturated carbocycles. The van der Waals surface area contributed by atoms with E-state index in [0.29, 0.717) is 4.91 Å². The van der Waals surface area contributed by atoms with Crippen LogP contribution in [-0.4, -0.2) is 31.2 Å². The van der Waals surface area contributed by atoms with E-state index in [9.17, 15) is 14.7 Å². The summed E-state index contributed by atoms with van der Waals surface area (Å²) >= 11 is 6.33. The third-order valence-electron chi connectivity index (χ3n) is 4.11. The maximum absolute atomic E-state index is 12.8. The van der Waals surface area contributed by atoms with E-state index in [4.69, 9.17) is 12.2 Å². The van der Waals surface area contributed by atoms with E-state index in [2.05, 4.69) is 10.4 Å². The lowest BCUT2D eigenvalue weighted by Crippen LogP contribution is -2.44. The van der Waals surface area contributed by atoms with Crippen LogP contribution in [0.5, 0.6) is 5.75 Å². The first-order chi connectivity index (χ1) is 13.5. The Morgan fingerprint density at radius 3 is 2.75 bits per heavy atom. The second kappa shape index (κ2) is 7.41. The Kier molecular flexibility index (Phi) is 4.81. The van der Waals surface area contributed by atoms with Crippen LogP contribution in [-0.2, 0) is 4.79 Å². The summed E-state index contributed by atoms with van der Waals surface area (Å²) in [5.41, 5.74) is 4.06. The highest BCUT2D eigenvalue weighted by Gasteiger charge is 2.34. The molecule has 4 rings (SSSR count). The first-order valence-corrected chi connectivity index (χ1v) is 9.48. The van der Waals surface area contributed by atoms with Gasteiger partial charge in [0.1, 0.15) is 5.75 Å². The van der Waals surface area contributed by atoms with Gasteiger partial charge in [0.25, 0.3) is 11.8 Å². The zero-order valence-corrected chi connectivity index (χ0v) is 16.0. The van der Waals surface area contributed by atoms with Gasteiger partial charge in [0.15, 0.2) is 4.32 Å². The second-order valence-electron chi connectivity index (χ2n) is 5.90. The summed E-state index contributed by atoms with van der Waals surface area (Å²) in [5, 5.41) is 11.8. The summed E-state index contributed by atoms with van der Waals surface area (Å²) in [6, 6.07) is 15.6. The number of phenolic OH excluding ortho intramolecular Hbond substituents is 1. The third-order valence-corrected chi connectivity index (χ3v) is 5.41. The van der Waals surface area contributed by atoms with Crippen molar-refractivity contribution < 1.29 is 14.7 Å². The topological polar surface area (TPSA) is 82.5 Å². The Morgan fingerprint density at radius 1 is 1.14 bits per heavy atom. The van der Waals surface area contributed by atoms with Gasteiger partial charge in [-0.25, -0.2) is 0 Å². The third kappa shape index (κ3) is 3.35. The van der Waals surface area contributed by atoms with Crippen LogP contribution >= 0.6 is 24.0 Å². The van der Waals surface area contributed by atoms with Crippen molar-refractivity contribution in [3.05, 3.63) is 76.8 Å². The molecule has 2 heterocycles. The highest BCUT2D eigenvalue weighted by Crippen LogP contribution is 2.32. The number of amides is 2. The molecular weight excluding hydrogens is 394 g/mol. The predicted octanol–water partition coefficient (Wildman–Crippen LogP) is 3.49. The summed E-state index contributed by atoms with van der Waals surface area (Å²) < 4.78 is 0.202. The summed E-state index contributed by atoms with van der Waals surface area (Å²) in [6.45, 7) is 0. The molecule has 1 aliphatic rings. The summed E-state index contributed by atoms with van der Waals surface area (Å²) in [5.74, 6) is -1.24. The monoisotopic (exact) mass is 407 g/mol. The highest BCUT2D eigenvalue weighted by atomic mass is 32.2.